The van der Waals surface area contributed by atoms with Crippen molar-refractivity contribution in [1.82, 2.24) is 4.98 Å². The first-order valence-corrected chi connectivity index (χ1v) is 9.14. The molecule has 0 amide bonds. The lowest BCUT2D eigenvalue weighted by Gasteiger charge is -2.39. The van der Waals surface area contributed by atoms with Gasteiger partial charge in [0.1, 0.15) is 0 Å². The minimum absolute atomic E-state index is 0. The molecule has 0 bridgehead atoms. The molecule has 2 unspecified atom stereocenters. The summed E-state index contributed by atoms with van der Waals surface area (Å²) in [6.07, 6.45) is 10.9. The summed E-state index contributed by atoms with van der Waals surface area (Å²) in [6, 6.07) is 19.8. The summed E-state index contributed by atoms with van der Waals surface area (Å²) in [5.74, 6) is 0.732. The molecule has 3 aromatic rings. The molecule has 1 aromatic heterocycles. The van der Waals surface area contributed by atoms with Gasteiger partial charge < -0.3 is 4.90 Å². The summed E-state index contributed by atoms with van der Waals surface area (Å²) in [6.45, 7) is 3.45. The first kappa shape index (κ1) is 18.5. The number of nitrogens with zero attached hydrogens (tertiary/aromatic N) is 2. The van der Waals surface area contributed by atoms with Crippen molar-refractivity contribution in [2.75, 3.05) is 11.4 Å². The number of piperidine rings is 1. The lowest BCUT2D eigenvalue weighted by atomic mass is 9.92. The fourth-order valence-electron chi connectivity index (χ4n) is 3.82. The minimum atomic E-state index is 0. The van der Waals surface area contributed by atoms with Crippen molar-refractivity contribution in [3.63, 3.8) is 0 Å². The summed E-state index contributed by atoms with van der Waals surface area (Å²) in [5.41, 5.74) is 2.57. The first-order valence-electron chi connectivity index (χ1n) is 9.14. The van der Waals surface area contributed by atoms with Gasteiger partial charge in [-0.25, -0.2) is 0 Å². The Bertz CT molecular complexity index is 870. The highest BCUT2D eigenvalue weighted by Crippen LogP contribution is 2.29. The Morgan fingerprint density at radius 2 is 1.73 bits per heavy atom. The summed E-state index contributed by atoms with van der Waals surface area (Å²) in [7, 11) is 0. The monoisotopic (exact) mass is 364 g/mol. The summed E-state index contributed by atoms with van der Waals surface area (Å²) in [4.78, 5) is 6.69. The van der Waals surface area contributed by atoms with E-state index in [2.05, 4.69) is 83.6 Å². The van der Waals surface area contributed by atoms with Crippen LogP contribution in [-0.4, -0.2) is 17.6 Å². The van der Waals surface area contributed by atoms with E-state index in [1.165, 1.54) is 34.9 Å². The molecular weight excluding hydrogens is 340 g/mol. The van der Waals surface area contributed by atoms with Crippen LogP contribution in [0.3, 0.4) is 0 Å². The predicted octanol–water partition coefficient (Wildman–Crippen LogP) is 5.97. The van der Waals surface area contributed by atoms with E-state index in [0.29, 0.717) is 6.04 Å². The average molecular weight is 365 g/mol. The van der Waals surface area contributed by atoms with Gasteiger partial charge >= 0.3 is 0 Å². The smallest absolute Gasteiger partial charge is 0.0476 e. The molecular formula is C23H25ClN2. The topological polar surface area (TPSA) is 16.1 Å². The number of hydrogen-bond donors (Lipinski definition) is 0. The third-order valence-electron chi connectivity index (χ3n) is 5.18. The Hall–Kier alpha value is -2.32. The van der Waals surface area contributed by atoms with Crippen LogP contribution < -0.4 is 4.90 Å². The van der Waals surface area contributed by atoms with E-state index in [1.807, 2.05) is 12.4 Å². The molecule has 0 saturated carbocycles. The maximum absolute atomic E-state index is 4.17. The van der Waals surface area contributed by atoms with Crippen LogP contribution >= 0.6 is 12.4 Å². The van der Waals surface area contributed by atoms with Crippen LogP contribution in [0.1, 0.15) is 25.3 Å². The lowest BCUT2D eigenvalue weighted by Crippen LogP contribution is -2.41. The zero-order valence-electron chi connectivity index (χ0n) is 15.1. The van der Waals surface area contributed by atoms with Gasteiger partial charge in [-0.1, -0.05) is 61.5 Å². The number of rotatable bonds is 3. The third kappa shape index (κ3) is 3.91. The molecule has 26 heavy (non-hydrogen) atoms. The number of fused-ring (bicyclic) bond motifs is 1. The number of halogens is 1. The molecule has 2 nitrogen and oxygen atoms in total. The zero-order valence-corrected chi connectivity index (χ0v) is 15.9. The molecule has 1 saturated heterocycles. The molecule has 2 heterocycles. The highest BCUT2D eigenvalue weighted by molar-refractivity contribution is 5.90. The van der Waals surface area contributed by atoms with Crippen molar-refractivity contribution in [3.8, 4) is 0 Å². The largest absolute Gasteiger partial charge is 0.365 e. The van der Waals surface area contributed by atoms with Crippen LogP contribution in [0.5, 0.6) is 0 Å². The quantitative estimate of drug-likeness (QED) is 0.568. The van der Waals surface area contributed by atoms with Gasteiger partial charge in [0.25, 0.3) is 0 Å². The summed E-state index contributed by atoms with van der Waals surface area (Å²) in [5, 5.41) is 2.62. The molecule has 1 aliphatic rings. The minimum Gasteiger partial charge on any atom is -0.365 e. The molecule has 0 spiro atoms. The Morgan fingerprint density at radius 1 is 0.962 bits per heavy atom. The standard InChI is InChI=1S/C23H24N2.ClH/c1-18-9-11-21(25(17-18)22-13-15-24-16-14-22)12-10-20-7-4-6-19-5-2-3-8-23(19)20;/h2-8,10,12-16,18,21H,9,11,17H2,1H3;1H. The predicted molar refractivity (Wildman–Crippen MR) is 114 cm³/mol. The second kappa shape index (κ2) is 8.37. The molecule has 3 heteroatoms. The number of aromatic nitrogens is 1. The van der Waals surface area contributed by atoms with Crippen LogP contribution in [0.15, 0.2) is 73.1 Å². The van der Waals surface area contributed by atoms with Crippen molar-refractivity contribution < 1.29 is 0 Å². The SMILES string of the molecule is CC1CCC(C=Cc2cccc3ccccc23)N(c2ccncc2)C1.Cl. The Balaban J connectivity index is 0.00000196. The van der Waals surface area contributed by atoms with Crippen LogP contribution in [0.4, 0.5) is 5.69 Å². The van der Waals surface area contributed by atoms with E-state index in [4.69, 9.17) is 0 Å². The second-order valence-electron chi connectivity index (χ2n) is 7.04. The second-order valence-corrected chi connectivity index (χ2v) is 7.04. The normalized spacial score (nSPS) is 20.3. The van der Waals surface area contributed by atoms with Gasteiger partial charge in [0.2, 0.25) is 0 Å². The Kier molecular flexibility index (Phi) is 5.95. The van der Waals surface area contributed by atoms with Gasteiger partial charge in [0, 0.05) is 30.7 Å². The first-order chi connectivity index (χ1) is 12.3. The molecule has 0 aliphatic carbocycles. The molecule has 134 valence electrons. The zero-order chi connectivity index (χ0) is 17.1. The molecule has 4 rings (SSSR count). The molecule has 0 N–H and O–H groups in total. The number of benzene rings is 2. The molecule has 1 fully saturated rings. The van der Waals surface area contributed by atoms with Crippen LogP contribution in [-0.2, 0) is 0 Å². The van der Waals surface area contributed by atoms with Gasteiger partial charge in [-0.15, -0.1) is 12.4 Å². The van der Waals surface area contributed by atoms with Crippen molar-refractivity contribution in [1.29, 1.82) is 0 Å². The van der Waals surface area contributed by atoms with Crippen molar-refractivity contribution in [3.05, 3.63) is 78.6 Å². The fourth-order valence-corrected chi connectivity index (χ4v) is 3.82. The Morgan fingerprint density at radius 3 is 2.58 bits per heavy atom. The van der Waals surface area contributed by atoms with E-state index in [0.717, 1.165) is 12.5 Å². The number of pyridine rings is 1. The van der Waals surface area contributed by atoms with Gasteiger partial charge in [0.05, 0.1) is 0 Å². The third-order valence-corrected chi connectivity index (χ3v) is 5.18. The van der Waals surface area contributed by atoms with Crippen LogP contribution in [0.2, 0.25) is 0 Å². The Labute approximate surface area is 162 Å². The van der Waals surface area contributed by atoms with Gasteiger partial charge in [0.15, 0.2) is 0 Å². The van der Waals surface area contributed by atoms with Gasteiger partial charge in [-0.05, 0) is 47.2 Å². The summed E-state index contributed by atoms with van der Waals surface area (Å²) < 4.78 is 0. The van der Waals surface area contributed by atoms with Crippen molar-refractivity contribution in [2.24, 2.45) is 5.92 Å². The van der Waals surface area contributed by atoms with Crippen molar-refractivity contribution >= 4 is 34.9 Å². The molecule has 0 radical (unpaired) electrons. The molecule has 2 aromatic carbocycles. The van der Waals surface area contributed by atoms with Crippen molar-refractivity contribution in [2.45, 2.75) is 25.8 Å². The number of hydrogen-bond acceptors (Lipinski definition) is 2. The van der Waals surface area contributed by atoms with Gasteiger partial charge in [-0.3, -0.25) is 4.98 Å². The van der Waals surface area contributed by atoms with E-state index >= 15 is 0 Å². The highest BCUT2D eigenvalue weighted by atomic mass is 35.5. The van der Waals surface area contributed by atoms with E-state index in [-0.39, 0.29) is 12.4 Å². The highest BCUT2D eigenvalue weighted by Gasteiger charge is 2.24. The average Bonchev–Trinajstić information content (AvgIpc) is 2.67. The lowest BCUT2D eigenvalue weighted by molar-refractivity contribution is 0.409. The number of anilines is 1. The maximum atomic E-state index is 4.17. The fraction of sp³-hybridized carbons (Fsp3) is 0.261. The van der Waals surface area contributed by atoms with E-state index < -0.39 is 0 Å². The molecule has 2 atom stereocenters. The van der Waals surface area contributed by atoms with E-state index in [1.54, 1.807) is 0 Å². The maximum Gasteiger partial charge on any atom is 0.0476 e. The van der Waals surface area contributed by atoms with Crippen LogP contribution in [0.25, 0.3) is 16.8 Å². The van der Waals surface area contributed by atoms with E-state index in [9.17, 15) is 0 Å². The van der Waals surface area contributed by atoms with Crippen LogP contribution in [0, 0.1) is 5.92 Å². The van der Waals surface area contributed by atoms with Gasteiger partial charge in [-0.2, -0.15) is 0 Å². The molecule has 1 aliphatic heterocycles. The summed E-state index contributed by atoms with van der Waals surface area (Å²) >= 11 is 0.